The van der Waals surface area contributed by atoms with Crippen LogP contribution >= 0.6 is 11.3 Å². The average molecular weight is 252 g/mol. The van der Waals surface area contributed by atoms with Crippen molar-refractivity contribution in [3.8, 4) is 0 Å². The smallest absolute Gasteiger partial charge is 0.138 e. The Labute approximate surface area is 104 Å². The molecule has 5 nitrogen and oxygen atoms in total. The van der Waals surface area contributed by atoms with Gasteiger partial charge in [0.05, 0.1) is 16.8 Å². The van der Waals surface area contributed by atoms with E-state index in [2.05, 4.69) is 15.1 Å². The van der Waals surface area contributed by atoms with E-state index in [1.54, 1.807) is 16.0 Å². The van der Waals surface area contributed by atoms with Gasteiger partial charge in [0.25, 0.3) is 0 Å². The number of aliphatic hydroxyl groups is 1. The summed E-state index contributed by atoms with van der Waals surface area (Å²) in [6, 6.07) is 0. The van der Waals surface area contributed by atoms with E-state index in [1.165, 1.54) is 6.33 Å². The molecule has 2 heterocycles. The predicted molar refractivity (Wildman–Crippen MR) is 66.0 cm³/mol. The molecule has 0 aliphatic rings. The predicted octanol–water partition coefficient (Wildman–Crippen LogP) is 1.21. The molecule has 0 saturated carbocycles. The summed E-state index contributed by atoms with van der Waals surface area (Å²) in [5.41, 5.74) is 0.947. The van der Waals surface area contributed by atoms with Gasteiger partial charge in [0, 0.05) is 24.8 Å². The van der Waals surface area contributed by atoms with E-state index in [-0.39, 0.29) is 0 Å². The van der Waals surface area contributed by atoms with E-state index in [1.807, 2.05) is 19.2 Å². The maximum Gasteiger partial charge on any atom is 0.138 e. The van der Waals surface area contributed by atoms with E-state index < -0.39 is 6.10 Å². The van der Waals surface area contributed by atoms with Gasteiger partial charge in [-0.05, 0) is 13.8 Å². The Kier molecular flexibility index (Phi) is 3.86. The average Bonchev–Trinajstić information content (AvgIpc) is 2.87. The Morgan fingerprint density at radius 2 is 2.29 bits per heavy atom. The molecule has 0 fully saturated rings. The molecular formula is C11H16N4OS. The molecule has 0 saturated heterocycles. The number of hydrogen-bond donors (Lipinski definition) is 1. The summed E-state index contributed by atoms with van der Waals surface area (Å²) >= 11 is 1.61. The first-order valence-corrected chi connectivity index (χ1v) is 6.52. The van der Waals surface area contributed by atoms with Crippen molar-refractivity contribution in [1.82, 2.24) is 19.7 Å². The lowest BCUT2D eigenvalue weighted by atomic mass is 10.1. The van der Waals surface area contributed by atoms with Gasteiger partial charge in [-0.25, -0.2) is 9.97 Å². The molecule has 0 aliphatic heterocycles. The number of aliphatic hydroxyl groups excluding tert-OH is 1. The summed E-state index contributed by atoms with van der Waals surface area (Å²) in [4.78, 5) is 8.49. The fourth-order valence-corrected chi connectivity index (χ4v) is 2.36. The normalized spacial score (nSPS) is 12.9. The van der Waals surface area contributed by atoms with Crippen LogP contribution in [0, 0.1) is 6.92 Å². The first-order valence-electron chi connectivity index (χ1n) is 5.64. The van der Waals surface area contributed by atoms with Crippen LogP contribution in [0.25, 0.3) is 0 Å². The summed E-state index contributed by atoms with van der Waals surface area (Å²) in [5.74, 6) is 0.826. The molecule has 0 spiro atoms. The number of aryl methyl sites for hydroxylation is 2. The van der Waals surface area contributed by atoms with E-state index in [0.29, 0.717) is 12.8 Å². The Morgan fingerprint density at radius 1 is 1.47 bits per heavy atom. The number of aromatic nitrogens is 4. The molecule has 0 aliphatic carbocycles. The fraction of sp³-hybridized carbons (Fsp3) is 0.545. The third-order valence-corrected chi connectivity index (χ3v) is 3.35. The Morgan fingerprint density at radius 3 is 2.94 bits per heavy atom. The van der Waals surface area contributed by atoms with E-state index >= 15 is 0 Å². The Balaban J connectivity index is 1.95. The summed E-state index contributed by atoms with van der Waals surface area (Å²) in [6.07, 6.45) is 2.16. The molecule has 2 rings (SSSR count). The topological polar surface area (TPSA) is 63.8 Å². The number of thiazole rings is 1. The van der Waals surface area contributed by atoms with Crippen molar-refractivity contribution in [3.05, 3.63) is 28.2 Å². The van der Waals surface area contributed by atoms with Crippen LogP contribution in [0.5, 0.6) is 0 Å². The second-order valence-corrected chi connectivity index (χ2v) is 4.97. The lowest BCUT2D eigenvalue weighted by Crippen LogP contribution is -2.17. The molecule has 0 radical (unpaired) electrons. The van der Waals surface area contributed by atoms with E-state index in [4.69, 9.17) is 0 Å². The van der Waals surface area contributed by atoms with Crippen molar-refractivity contribution in [2.45, 2.75) is 39.3 Å². The summed E-state index contributed by atoms with van der Waals surface area (Å²) in [7, 11) is 0. The highest BCUT2D eigenvalue weighted by atomic mass is 32.1. The molecule has 1 unspecified atom stereocenters. The van der Waals surface area contributed by atoms with Crippen molar-refractivity contribution in [1.29, 1.82) is 0 Å². The van der Waals surface area contributed by atoms with Crippen molar-refractivity contribution < 1.29 is 5.11 Å². The molecule has 0 amide bonds. The van der Waals surface area contributed by atoms with Crippen LogP contribution in [0.3, 0.4) is 0 Å². The number of rotatable bonds is 5. The summed E-state index contributed by atoms with van der Waals surface area (Å²) in [5, 5.41) is 17.1. The van der Waals surface area contributed by atoms with E-state index in [9.17, 15) is 5.11 Å². The number of nitrogens with zero attached hydrogens (tertiary/aromatic N) is 4. The van der Waals surface area contributed by atoms with Gasteiger partial charge in [-0.15, -0.1) is 11.3 Å². The summed E-state index contributed by atoms with van der Waals surface area (Å²) < 4.78 is 1.80. The zero-order valence-corrected chi connectivity index (χ0v) is 10.8. The zero-order valence-electron chi connectivity index (χ0n) is 10.00. The monoisotopic (exact) mass is 252 g/mol. The van der Waals surface area contributed by atoms with Gasteiger partial charge < -0.3 is 5.11 Å². The van der Waals surface area contributed by atoms with E-state index in [0.717, 1.165) is 23.1 Å². The maximum absolute atomic E-state index is 9.99. The lowest BCUT2D eigenvalue weighted by Gasteiger charge is -2.08. The van der Waals surface area contributed by atoms with Crippen LogP contribution in [-0.4, -0.2) is 31.0 Å². The number of hydrogen-bond acceptors (Lipinski definition) is 5. The molecule has 17 heavy (non-hydrogen) atoms. The van der Waals surface area contributed by atoms with Crippen LogP contribution in [0.15, 0.2) is 11.7 Å². The second kappa shape index (κ2) is 5.37. The molecule has 6 heteroatoms. The third kappa shape index (κ3) is 3.10. The lowest BCUT2D eigenvalue weighted by molar-refractivity contribution is 0.170. The second-order valence-electron chi connectivity index (χ2n) is 3.91. The third-order valence-electron chi connectivity index (χ3n) is 2.52. The first-order chi connectivity index (χ1) is 8.19. The molecule has 0 aromatic carbocycles. The van der Waals surface area contributed by atoms with Crippen LogP contribution in [0.2, 0.25) is 0 Å². The van der Waals surface area contributed by atoms with Gasteiger partial charge in [0.1, 0.15) is 12.2 Å². The molecular weight excluding hydrogens is 236 g/mol. The van der Waals surface area contributed by atoms with Gasteiger partial charge in [-0.1, -0.05) is 0 Å². The van der Waals surface area contributed by atoms with Crippen LogP contribution < -0.4 is 0 Å². The van der Waals surface area contributed by atoms with Crippen molar-refractivity contribution >= 4 is 11.3 Å². The Bertz CT molecular complexity index is 479. The minimum Gasteiger partial charge on any atom is -0.392 e. The van der Waals surface area contributed by atoms with Gasteiger partial charge in [-0.3, -0.25) is 4.68 Å². The van der Waals surface area contributed by atoms with Crippen molar-refractivity contribution in [2.24, 2.45) is 0 Å². The molecule has 92 valence electrons. The van der Waals surface area contributed by atoms with Crippen molar-refractivity contribution in [3.63, 3.8) is 0 Å². The van der Waals surface area contributed by atoms with Gasteiger partial charge in [-0.2, -0.15) is 5.10 Å². The van der Waals surface area contributed by atoms with Gasteiger partial charge in [0.2, 0.25) is 0 Å². The van der Waals surface area contributed by atoms with Crippen LogP contribution in [0.1, 0.15) is 23.4 Å². The molecule has 2 aromatic heterocycles. The zero-order chi connectivity index (χ0) is 12.3. The maximum atomic E-state index is 9.99. The Hall–Kier alpha value is -1.27. The van der Waals surface area contributed by atoms with Crippen molar-refractivity contribution in [2.75, 3.05) is 0 Å². The fourth-order valence-electron chi connectivity index (χ4n) is 1.74. The molecule has 1 N–H and O–H groups in total. The minimum absolute atomic E-state index is 0.453. The SMILES string of the molecule is CCn1ncnc1CC(O)Cc1csc(C)n1. The largest absolute Gasteiger partial charge is 0.392 e. The van der Waals surface area contributed by atoms with Gasteiger partial charge >= 0.3 is 0 Å². The highest BCUT2D eigenvalue weighted by Crippen LogP contribution is 2.11. The standard InChI is InChI=1S/C11H16N4OS/c1-3-15-11(12-7-13-15)5-10(16)4-9-6-17-8(2)14-9/h6-7,10,16H,3-5H2,1-2H3. The van der Waals surface area contributed by atoms with Gasteiger partial charge in [0.15, 0.2) is 0 Å². The molecule has 2 aromatic rings. The van der Waals surface area contributed by atoms with Crippen LogP contribution in [-0.2, 0) is 19.4 Å². The first kappa shape index (κ1) is 12.2. The minimum atomic E-state index is -0.453. The van der Waals surface area contributed by atoms with Crippen LogP contribution in [0.4, 0.5) is 0 Å². The molecule has 0 bridgehead atoms. The molecule has 1 atom stereocenters. The highest BCUT2D eigenvalue weighted by molar-refractivity contribution is 7.09. The quantitative estimate of drug-likeness (QED) is 0.868. The highest BCUT2D eigenvalue weighted by Gasteiger charge is 2.12. The summed E-state index contributed by atoms with van der Waals surface area (Å²) in [6.45, 7) is 4.75.